The lowest BCUT2D eigenvalue weighted by molar-refractivity contribution is 0.660. The van der Waals surface area contributed by atoms with Gasteiger partial charge in [-0.15, -0.1) is 0 Å². The Morgan fingerprint density at radius 1 is 0.348 bits per heavy atom. The predicted molar refractivity (Wildman–Crippen MR) is 275 cm³/mol. The molecule has 1 aliphatic heterocycles. The lowest BCUT2D eigenvalue weighted by Crippen LogP contribution is -2.33. The highest BCUT2D eigenvalue weighted by Crippen LogP contribution is 2.62. The number of nitrogens with zero attached hydrogens (tertiary/aromatic N) is 2. The van der Waals surface area contributed by atoms with Crippen LogP contribution in [0.5, 0.6) is 0 Å². The van der Waals surface area contributed by atoms with E-state index in [0.29, 0.717) is 0 Å². The van der Waals surface area contributed by atoms with Crippen LogP contribution < -0.4 is 4.90 Å². The maximum Gasteiger partial charge on any atom is 0.0754 e. The van der Waals surface area contributed by atoms with E-state index in [1.54, 1.807) is 0 Å². The molecule has 0 bridgehead atoms. The van der Waals surface area contributed by atoms with Crippen LogP contribution in [0.4, 0.5) is 17.1 Å². The molecular formula is C64H44N2. The molecule has 0 saturated carbocycles. The van der Waals surface area contributed by atoms with E-state index >= 15 is 0 Å². The zero-order chi connectivity index (χ0) is 43.7. The van der Waals surface area contributed by atoms with Crippen LogP contribution in [0.3, 0.4) is 0 Å². The number of para-hydroxylation sites is 5. The van der Waals surface area contributed by atoms with E-state index in [1.165, 1.54) is 105 Å². The molecule has 310 valence electrons. The monoisotopic (exact) mass is 840 g/mol. The molecule has 2 nitrogen and oxygen atoms in total. The van der Waals surface area contributed by atoms with E-state index in [9.17, 15) is 0 Å². The van der Waals surface area contributed by atoms with Crippen LogP contribution >= 0.6 is 0 Å². The van der Waals surface area contributed by atoms with Crippen molar-refractivity contribution in [3.05, 3.63) is 264 Å². The van der Waals surface area contributed by atoms with Gasteiger partial charge < -0.3 is 9.47 Å². The second kappa shape index (κ2) is 13.7. The largest absolute Gasteiger partial charge is 0.310 e. The first-order valence-corrected chi connectivity index (χ1v) is 23.2. The molecule has 1 spiro atoms. The van der Waals surface area contributed by atoms with Crippen molar-refractivity contribution in [1.29, 1.82) is 0 Å². The van der Waals surface area contributed by atoms with Crippen LogP contribution in [0.15, 0.2) is 231 Å². The number of hydrogen-bond acceptors (Lipinski definition) is 1. The Morgan fingerprint density at radius 3 is 1.62 bits per heavy atom. The number of fused-ring (bicyclic) bond motifs is 15. The molecule has 2 aliphatic carbocycles. The van der Waals surface area contributed by atoms with Crippen LogP contribution in [0.1, 0.15) is 47.2 Å². The molecule has 1 aromatic heterocycles. The molecule has 0 radical (unpaired) electrons. The SMILES string of the molecule is CC1(C)c2ccccc2-c2ccc(-c3ccc(N(c4ccccc4)c4ccccc4-c4cccc5c4-n4c6ccccc6c6cccc(c64)C54c5ccccc5-c5ccccc54)cc3)cc21. The van der Waals surface area contributed by atoms with Crippen molar-refractivity contribution in [3.63, 3.8) is 0 Å². The van der Waals surface area contributed by atoms with Gasteiger partial charge in [-0.2, -0.15) is 0 Å². The van der Waals surface area contributed by atoms with Gasteiger partial charge in [0.25, 0.3) is 0 Å². The zero-order valence-corrected chi connectivity index (χ0v) is 36.8. The summed E-state index contributed by atoms with van der Waals surface area (Å²) in [5, 5.41) is 2.54. The zero-order valence-electron chi connectivity index (χ0n) is 36.8. The van der Waals surface area contributed by atoms with Crippen LogP contribution in [0.25, 0.3) is 72.0 Å². The first-order valence-electron chi connectivity index (χ1n) is 23.2. The summed E-state index contributed by atoms with van der Waals surface area (Å²) < 4.78 is 2.59. The van der Waals surface area contributed by atoms with Crippen molar-refractivity contribution in [3.8, 4) is 50.2 Å². The maximum atomic E-state index is 2.59. The van der Waals surface area contributed by atoms with Gasteiger partial charge in [-0.1, -0.05) is 202 Å². The molecule has 10 aromatic carbocycles. The first-order chi connectivity index (χ1) is 32.5. The Kier molecular flexibility index (Phi) is 7.70. The Hall–Kier alpha value is -8.20. The third-order valence-electron chi connectivity index (χ3n) is 15.2. The Balaban J connectivity index is 0.991. The number of aromatic nitrogens is 1. The normalized spacial score (nSPS) is 14.2. The predicted octanol–water partition coefficient (Wildman–Crippen LogP) is 16.6. The Labute approximate surface area is 385 Å². The van der Waals surface area contributed by atoms with Crippen molar-refractivity contribution in [2.24, 2.45) is 0 Å². The van der Waals surface area contributed by atoms with E-state index in [1.807, 2.05) is 0 Å². The van der Waals surface area contributed by atoms with Crippen molar-refractivity contribution in [1.82, 2.24) is 4.57 Å². The molecule has 3 aliphatic rings. The minimum atomic E-state index is -0.526. The summed E-state index contributed by atoms with van der Waals surface area (Å²) in [7, 11) is 0. The van der Waals surface area contributed by atoms with Crippen molar-refractivity contribution < 1.29 is 0 Å². The molecule has 11 aromatic rings. The highest BCUT2D eigenvalue weighted by Gasteiger charge is 2.51. The van der Waals surface area contributed by atoms with Gasteiger partial charge in [-0.3, -0.25) is 0 Å². The van der Waals surface area contributed by atoms with Gasteiger partial charge in [0.1, 0.15) is 0 Å². The highest BCUT2D eigenvalue weighted by molar-refractivity contribution is 6.14. The molecule has 2 heterocycles. The molecule has 66 heavy (non-hydrogen) atoms. The lowest BCUT2D eigenvalue weighted by atomic mass is 9.65. The minimum absolute atomic E-state index is 0.0582. The molecule has 0 saturated heterocycles. The summed E-state index contributed by atoms with van der Waals surface area (Å²) in [6.07, 6.45) is 0. The van der Waals surface area contributed by atoms with Gasteiger partial charge in [-0.25, -0.2) is 0 Å². The molecule has 2 heteroatoms. The summed E-state index contributed by atoms with van der Waals surface area (Å²) in [6.45, 7) is 4.71. The van der Waals surface area contributed by atoms with Crippen LogP contribution in [-0.2, 0) is 10.8 Å². The Bertz CT molecular complexity index is 3750. The Morgan fingerprint density at radius 2 is 0.864 bits per heavy atom. The molecule has 0 N–H and O–H groups in total. The second-order valence-corrected chi connectivity index (χ2v) is 18.8. The summed E-state index contributed by atoms with van der Waals surface area (Å²) in [6, 6.07) is 86.2. The van der Waals surface area contributed by atoms with Gasteiger partial charge in [0.15, 0.2) is 0 Å². The van der Waals surface area contributed by atoms with E-state index in [2.05, 4.69) is 254 Å². The quantitative estimate of drug-likeness (QED) is 0.168. The summed E-state index contributed by atoms with van der Waals surface area (Å²) in [5.41, 5.74) is 24.7. The van der Waals surface area contributed by atoms with Crippen LogP contribution in [-0.4, -0.2) is 4.57 Å². The summed E-state index contributed by atoms with van der Waals surface area (Å²) >= 11 is 0. The van der Waals surface area contributed by atoms with Gasteiger partial charge >= 0.3 is 0 Å². The summed E-state index contributed by atoms with van der Waals surface area (Å²) in [5.74, 6) is 0. The number of hydrogen-bond donors (Lipinski definition) is 0. The fraction of sp³-hybridized carbons (Fsp3) is 0.0625. The van der Waals surface area contributed by atoms with Gasteiger partial charge in [0.05, 0.1) is 27.8 Å². The van der Waals surface area contributed by atoms with Crippen molar-refractivity contribution in [2.75, 3.05) is 4.90 Å². The van der Waals surface area contributed by atoms with Gasteiger partial charge in [0, 0.05) is 38.7 Å². The van der Waals surface area contributed by atoms with E-state index < -0.39 is 5.41 Å². The molecule has 0 fully saturated rings. The smallest absolute Gasteiger partial charge is 0.0754 e. The van der Waals surface area contributed by atoms with Crippen molar-refractivity contribution in [2.45, 2.75) is 24.7 Å². The molecule has 0 atom stereocenters. The standard InChI is InChI=1S/C64H44N2/c1-63(2)53-27-11-6-20-45(53)48-39-36-42(40-58(48)63)41-34-37-44(38-35-41)65(43-18-4-3-5-19-43)59-32-14-9-23-49(59)51-25-16-30-56-61(51)66-60-33-15-10-24-50(60)52-26-17-31-57(62(52)66)64(56)54-28-12-7-21-46(54)47-22-8-13-29-55(47)64/h3-40H,1-2H3. The van der Waals surface area contributed by atoms with Gasteiger partial charge in [0.2, 0.25) is 0 Å². The lowest BCUT2D eigenvalue weighted by Gasteiger charge is -2.40. The fourth-order valence-electron chi connectivity index (χ4n) is 12.4. The minimum Gasteiger partial charge on any atom is -0.310 e. The topological polar surface area (TPSA) is 8.17 Å². The second-order valence-electron chi connectivity index (χ2n) is 18.8. The third-order valence-corrected chi connectivity index (χ3v) is 15.2. The van der Waals surface area contributed by atoms with Crippen molar-refractivity contribution >= 4 is 38.9 Å². The number of rotatable bonds is 5. The van der Waals surface area contributed by atoms with Crippen LogP contribution in [0, 0.1) is 0 Å². The van der Waals surface area contributed by atoms with E-state index in [-0.39, 0.29) is 5.41 Å². The number of anilines is 3. The summed E-state index contributed by atoms with van der Waals surface area (Å²) in [4.78, 5) is 2.44. The highest BCUT2D eigenvalue weighted by atomic mass is 15.1. The van der Waals surface area contributed by atoms with E-state index in [4.69, 9.17) is 0 Å². The maximum absolute atomic E-state index is 2.59. The number of benzene rings is 10. The average molecular weight is 841 g/mol. The molecular weight excluding hydrogens is 797 g/mol. The molecule has 0 amide bonds. The first kappa shape index (κ1) is 37.2. The molecule has 0 unspecified atom stereocenters. The van der Waals surface area contributed by atoms with Gasteiger partial charge in [-0.05, 0) is 109 Å². The average Bonchev–Trinajstić information content (AvgIpc) is 3.95. The molecule has 14 rings (SSSR count). The third kappa shape index (κ3) is 4.85. The fourth-order valence-corrected chi connectivity index (χ4v) is 12.4. The van der Waals surface area contributed by atoms with Crippen LogP contribution in [0.2, 0.25) is 0 Å². The van der Waals surface area contributed by atoms with E-state index in [0.717, 1.165) is 17.1 Å².